The highest BCUT2D eigenvalue weighted by Crippen LogP contribution is 2.29. The minimum absolute atomic E-state index is 0.188. The molecular formula is C27H23F2N7O. The largest absolute Gasteiger partial charge is 0.363 e. The summed E-state index contributed by atoms with van der Waals surface area (Å²) in [7, 11) is 0. The molecule has 1 atom stereocenters. The number of hydrogen-bond donors (Lipinski definition) is 3. The lowest BCUT2D eigenvalue weighted by atomic mass is 10.0. The van der Waals surface area contributed by atoms with E-state index in [1.54, 1.807) is 18.3 Å². The summed E-state index contributed by atoms with van der Waals surface area (Å²) in [6, 6.07) is 12.5. The van der Waals surface area contributed by atoms with Gasteiger partial charge in [0.25, 0.3) is 0 Å². The summed E-state index contributed by atoms with van der Waals surface area (Å²) in [5.74, 6) is -1.17. The van der Waals surface area contributed by atoms with Crippen molar-refractivity contribution in [3.05, 3.63) is 101 Å². The van der Waals surface area contributed by atoms with E-state index in [-0.39, 0.29) is 28.8 Å². The highest BCUT2D eigenvalue weighted by molar-refractivity contribution is 6.18. The molecule has 0 unspecified atom stereocenters. The Morgan fingerprint density at radius 3 is 2.51 bits per heavy atom. The molecule has 186 valence electrons. The second kappa shape index (κ2) is 10.1. The van der Waals surface area contributed by atoms with E-state index in [9.17, 15) is 9.18 Å². The Kier molecular flexibility index (Phi) is 6.55. The van der Waals surface area contributed by atoms with E-state index < -0.39 is 11.7 Å². The third kappa shape index (κ3) is 4.99. The van der Waals surface area contributed by atoms with Gasteiger partial charge in [0.2, 0.25) is 5.95 Å². The molecule has 8 nitrogen and oxygen atoms in total. The van der Waals surface area contributed by atoms with Gasteiger partial charge in [-0.3, -0.25) is 9.78 Å². The monoisotopic (exact) mass is 499 g/mol. The van der Waals surface area contributed by atoms with Gasteiger partial charge in [-0.25, -0.2) is 19.3 Å². The number of pyridine rings is 2. The van der Waals surface area contributed by atoms with Gasteiger partial charge in [0, 0.05) is 17.9 Å². The van der Waals surface area contributed by atoms with E-state index in [2.05, 4.69) is 35.6 Å². The molecule has 4 aromatic heterocycles. The summed E-state index contributed by atoms with van der Waals surface area (Å²) in [5.41, 5.74) is 2.85. The summed E-state index contributed by atoms with van der Waals surface area (Å²) in [5, 5.41) is 6.65. The number of carbonyl (C=O) groups is 1. The Morgan fingerprint density at radius 1 is 1.00 bits per heavy atom. The number of rotatable bonds is 8. The maximum atomic E-state index is 15.0. The van der Waals surface area contributed by atoms with Crippen LogP contribution in [0.15, 0.2) is 67.3 Å². The van der Waals surface area contributed by atoms with Crippen LogP contribution in [-0.4, -0.2) is 30.7 Å². The Bertz CT molecular complexity index is 1570. The number of benzene rings is 1. The number of halogens is 2. The van der Waals surface area contributed by atoms with Gasteiger partial charge in [-0.1, -0.05) is 19.1 Å². The predicted octanol–water partition coefficient (Wildman–Crippen LogP) is 5.74. The average molecular weight is 500 g/mol. The first-order valence-corrected chi connectivity index (χ1v) is 11.7. The van der Waals surface area contributed by atoms with Crippen LogP contribution in [0.4, 0.5) is 26.1 Å². The number of anilines is 3. The molecule has 0 spiro atoms. The minimum Gasteiger partial charge on any atom is -0.363 e. The van der Waals surface area contributed by atoms with Crippen molar-refractivity contribution in [3.63, 3.8) is 0 Å². The van der Waals surface area contributed by atoms with E-state index >= 15 is 4.39 Å². The summed E-state index contributed by atoms with van der Waals surface area (Å²) in [4.78, 5) is 33.0. The lowest BCUT2D eigenvalue weighted by molar-refractivity contribution is 0.103. The number of H-pyrrole nitrogens is 1. The quantitative estimate of drug-likeness (QED) is 0.185. The number of nitrogens with one attached hydrogen (secondary N) is 3. The fourth-order valence-corrected chi connectivity index (χ4v) is 3.97. The van der Waals surface area contributed by atoms with Gasteiger partial charge in [0.15, 0.2) is 5.78 Å². The van der Waals surface area contributed by atoms with Gasteiger partial charge in [-0.2, -0.15) is 4.39 Å². The SMILES string of the molecule is CCc1ccc(Nc2ccc(C(=O)c3c[nH]c4ncnc(N[C@@H](C)c5ccc(F)cc5)c34)c(F)n2)cn1. The normalized spacial score (nSPS) is 11.9. The molecule has 0 aliphatic carbocycles. The molecule has 3 N–H and O–H groups in total. The van der Waals surface area contributed by atoms with Gasteiger partial charge in [-0.05, 0) is 55.3 Å². The van der Waals surface area contributed by atoms with Crippen LogP contribution in [0.1, 0.15) is 47.1 Å². The second-order valence-electron chi connectivity index (χ2n) is 8.45. The molecule has 0 aliphatic rings. The molecule has 5 rings (SSSR count). The van der Waals surface area contributed by atoms with Gasteiger partial charge >= 0.3 is 0 Å². The number of fused-ring (bicyclic) bond motifs is 1. The van der Waals surface area contributed by atoms with Crippen molar-refractivity contribution in [2.75, 3.05) is 10.6 Å². The number of aryl methyl sites for hydroxylation is 1. The number of carbonyl (C=O) groups excluding carboxylic acids is 1. The number of ketones is 1. The van der Waals surface area contributed by atoms with Crippen LogP contribution in [0.3, 0.4) is 0 Å². The second-order valence-corrected chi connectivity index (χ2v) is 8.45. The van der Waals surface area contributed by atoms with Crippen LogP contribution in [0.5, 0.6) is 0 Å². The third-order valence-corrected chi connectivity index (χ3v) is 5.99. The first kappa shape index (κ1) is 24.0. The molecule has 5 aromatic rings. The first-order chi connectivity index (χ1) is 17.9. The number of hydrogen-bond acceptors (Lipinski definition) is 7. The topological polar surface area (TPSA) is 108 Å². The molecule has 10 heteroatoms. The fourth-order valence-electron chi connectivity index (χ4n) is 3.97. The van der Waals surface area contributed by atoms with Crippen molar-refractivity contribution in [2.24, 2.45) is 0 Å². The van der Waals surface area contributed by atoms with Crippen molar-refractivity contribution in [1.29, 1.82) is 0 Å². The van der Waals surface area contributed by atoms with E-state index in [1.807, 2.05) is 26.0 Å². The molecule has 1 aromatic carbocycles. The molecule has 0 saturated heterocycles. The maximum Gasteiger partial charge on any atom is 0.226 e. The van der Waals surface area contributed by atoms with Crippen LogP contribution < -0.4 is 10.6 Å². The predicted molar refractivity (Wildman–Crippen MR) is 137 cm³/mol. The summed E-state index contributed by atoms with van der Waals surface area (Å²) < 4.78 is 28.3. The zero-order valence-corrected chi connectivity index (χ0v) is 20.1. The van der Waals surface area contributed by atoms with Crippen LogP contribution in [0, 0.1) is 11.8 Å². The Balaban J connectivity index is 1.42. The average Bonchev–Trinajstić information content (AvgIpc) is 3.34. The van der Waals surface area contributed by atoms with Crippen LogP contribution in [0.2, 0.25) is 0 Å². The van der Waals surface area contributed by atoms with Gasteiger partial charge in [0.1, 0.15) is 29.4 Å². The van der Waals surface area contributed by atoms with Gasteiger partial charge in [0.05, 0.1) is 28.4 Å². The highest BCUT2D eigenvalue weighted by Gasteiger charge is 2.23. The van der Waals surface area contributed by atoms with E-state index in [0.29, 0.717) is 22.5 Å². The van der Waals surface area contributed by atoms with Gasteiger partial charge < -0.3 is 15.6 Å². The lowest BCUT2D eigenvalue weighted by Crippen LogP contribution is -2.11. The number of nitrogens with zero attached hydrogens (tertiary/aromatic N) is 4. The molecule has 37 heavy (non-hydrogen) atoms. The smallest absolute Gasteiger partial charge is 0.226 e. The number of aromatic amines is 1. The molecule has 4 heterocycles. The van der Waals surface area contributed by atoms with E-state index in [0.717, 1.165) is 17.7 Å². The fraction of sp³-hybridized carbons (Fsp3) is 0.148. The van der Waals surface area contributed by atoms with E-state index in [4.69, 9.17) is 0 Å². The van der Waals surface area contributed by atoms with Crippen LogP contribution in [0.25, 0.3) is 11.0 Å². The van der Waals surface area contributed by atoms with Gasteiger partial charge in [-0.15, -0.1) is 0 Å². The summed E-state index contributed by atoms with van der Waals surface area (Å²) in [6.45, 7) is 3.89. The summed E-state index contributed by atoms with van der Waals surface area (Å²) in [6.07, 6.45) is 5.29. The molecule has 0 fully saturated rings. The lowest BCUT2D eigenvalue weighted by Gasteiger charge is -2.16. The zero-order valence-electron chi connectivity index (χ0n) is 20.1. The number of aromatic nitrogens is 5. The van der Waals surface area contributed by atoms with Crippen molar-refractivity contribution >= 4 is 34.1 Å². The van der Waals surface area contributed by atoms with E-state index in [1.165, 1.54) is 36.8 Å². The Hall–Kier alpha value is -4.73. The van der Waals surface area contributed by atoms with Crippen molar-refractivity contribution in [2.45, 2.75) is 26.3 Å². The third-order valence-electron chi connectivity index (χ3n) is 5.99. The maximum absolute atomic E-state index is 15.0. The standard InChI is InChI=1S/C27H23F2N7O/c1-3-18-8-9-19(12-30-18)35-22-11-10-20(25(29)36-22)24(37)21-13-31-26-23(21)27(33-14-32-26)34-15(2)16-4-6-17(28)7-5-16/h4-15H,3H2,1-2H3,(H,35,36)(H2,31,32,33,34)/t15-/m0/s1. The first-order valence-electron chi connectivity index (χ1n) is 11.7. The molecule has 0 bridgehead atoms. The van der Waals surface area contributed by atoms with Crippen molar-refractivity contribution < 1.29 is 13.6 Å². The highest BCUT2D eigenvalue weighted by atomic mass is 19.1. The molecule has 0 amide bonds. The van der Waals surface area contributed by atoms with Crippen LogP contribution >= 0.6 is 0 Å². The minimum atomic E-state index is -0.909. The van der Waals surface area contributed by atoms with Crippen molar-refractivity contribution in [1.82, 2.24) is 24.9 Å². The zero-order chi connectivity index (χ0) is 25.9. The Morgan fingerprint density at radius 2 is 1.81 bits per heavy atom. The molecule has 0 aliphatic heterocycles. The molecular weight excluding hydrogens is 476 g/mol. The molecule has 0 radical (unpaired) electrons. The molecule has 0 saturated carbocycles. The van der Waals surface area contributed by atoms with Crippen LogP contribution in [-0.2, 0) is 6.42 Å². The van der Waals surface area contributed by atoms with Crippen molar-refractivity contribution in [3.8, 4) is 0 Å². The summed E-state index contributed by atoms with van der Waals surface area (Å²) >= 11 is 0. The Labute approximate surface area is 211 Å².